The zero-order chi connectivity index (χ0) is 70.7. The highest BCUT2D eigenvalue weighted by Crippen LogP contribution is 2.27. The highest BCUT2D eigenvalue weighted by molar-refractivity contribution is 7.99. The van der Waals surface area contributed by atoms with Gasteiger partial charge in [-0.2, -0.15) is 16.8 Å². The van der Waals surface area contributed by atoms with E-state index in [4.69, 9.17) is 58.5 Å². The van der Waals surface area contributed by atoms with Gasteiger partial charge in [0.2, 0.25) is 10.0 Å². The summed E-state index contributed by atoms with van der Waals surface area (Å²) in [5, 5.41) is 21.2. The molecule has 0 unspecified atom stereocenters. The van der Waals surface area contributed by atoms with Crippen molar-refractivity contribution in [2.75, 3.05) is 58.8 Å². The number of sulfonamides is 1. The van der Waals surface area contributed by atoms with Crippen LogP contribution in [0.5, 0.6) is 23.0 Å². The summed E-state index contributed by atoms with van der Waals surface area (Å²) in [5.41, 5.74) is 22.8. The van der Waals surface area contributed by atoms with Crippen LogP contribution >= 0.6 is 23.5 Å². The number of carboxylic acids is 1. The van der Waals surface area contributed by atoms with Gasteiger partial charge in [-0.1, -0.05) is 148 Å². The van der Waals surface area contributed by atoms with Crippen LogP contribution in [0.2, 0.25) is 0 Å². The fraction of sp³-hybridized carbons (Fsp3) is 0.254. The van der Waals surface area contributed by atoms with Gasteiger partial charge in [-0.3, -0.25) is 14.6 Å². The molecular weight excluding hydrogens is 1360 g/mol. The van der Waals surface area contributed by atoms with E-state index in [9.17, 15) is 26.4 Å². The van der Waals surface area contributed by atoms with Crippen LogP contribution in [0.1, 0.15) is 73.0 Å². The molecule has 0 heterocycles. The third-order valence-electron chi connectivity index (χ3n) is 12.8. The summed E-state index contributed by atoms with van der Waals surface area (Å²) < 4.78 is 109. The lowest BCUT2D eigenvalue weighted by molar-refractivity contribution is 0.0695. The van der Waals surface area contributed by atoms with Gasteiger partial charge in [-0.05, 0) is 106 Å². The van der Waals surface area contributed by atoms with Crippen LogP contribution < -0.4 is 24.1 Å². The monoisotopic (exact) mass is 1440 g/mol. The Balaban J connectivity index is 0.000000757. The first kappa shape index (κ1) is 83.9. The van der Waals surface area contributed by atoms with Crippen molar-refractivity contribution in [1.82, 2.24) is 9.80 Å². The number of thioether (sulfide) groups is 2. The fourth-order valence-electron chi connectivity index (χ4n) is 8.34. The number of ketones is 1. The van der Waals surface area contributed by atoms with Crippen LogP contribution in [0, 0.1) is 0 Å². The average Bonchev–Trinajstić information content (AvgIpc) is 0.823. The zero-order valence-electron chi connectivity index (χ0n) is 53.3. The lowest BCUT2D eigenvalue weighted by Gasteiger charge is -2.23. The average molecular weight is 1440 g/mol. The predicted octanol–water partition coefficient (Wildman–Crippen LogP) is 14.5. The first-order valence-electron chi connectivity index (χ1n) is 28.7. The molecule has 0 saturated carbocycles. The maximum absolute atomic E-state index is 13.1. The van der Waals surface area contributed by atoms with Crippen molar-refractivity contribution in [3.8, 4) is 23.0 Å². The van der Waals surface area contributed by atoms with Crippen LogP contribution in [-0.4, -0.2) is 119 Å². The van der Waals surface area contributed by atoms with E-state index < -0.39 is 60.5 Å². The molecule has 0 amide bonds. The standard InChI is InChI=1S/C32H32N4O5S2.C22H23N5O2S2.C9H10O4.C2H6.2CH4.2O2S/c1-40-28-18-26(19-29(20-28)41-2)32(37)23-43(38,39)31-14-10-25(11-15-31)22-36(16-17-42-30-6-4-3-5-7-30)21-24-8-12-27(13-9-24)34-35-33;23-26-25-20-10-6-18(7-11-20)16-27(14-15-30-21-4-2-1-3-5-21)17-19-8-12-22(13-9-19)31(24,28)29;1-12-7-3-6(9(10)11)4-8(5-7)13-2;1-2;;;2*1-3-2/h3-15,18-20H,16-17,21-23H2,1-2H3;1-13H,14-17H2,(H2,24,28,29);3-5H,1-2H3,(H,10,11);1-2H3;2*1H4;;/i;;;1D;;;;. The van der Waals surface area contributed by atoms with E-state index in [0.29, 0.717) is 67.5 Å². The molecule has 0 aliphatic heterocycles. The number of carboxylic acid groups (broad SMARTS) is 1. The summed E-state index contributed by atoms with van der Waals surface area (Å²) in [6.07, 6.45) is 0. The molecule has 0 aliphatic rings. The van der Waals surface area contributed by atoms with Gasteiger partial charge in [0.15, 0.2) is 15.6 Å². The SMILES string of the molecule is C.C.COc1cc(OC)cc(C(=O)CS(=O)(=O)c2ccc(CN(CCSc3ccccc3)Cc3ccc(N=[N+]=[N-])cc3)cc2)c1.COc1cc(OC)cc(C(=O)O)c1.O=S=O.O=S=O.[2H]CC.[N-]=[N+]=Nc1ccc(CN(CCSc2ccccc2)Cc2ccc(S(N)(=O)=O)cc2)cc1. The normalized spacial score (nSPS) is 10.2. The predicted molar refractivity (Wildman–Crippen MR) is 382 cm³/mol. The molecule has 0 saturated heterocycles. The Morgan fingerprint density at radius 1 is 0.515 bits per heavy atom. The second-order valence-corrected chi connectivity index (χ2v) is 25.3. The molecule has 8 aromatic rings. The molecule has 8 rings (SSSR count). The number of carbonyl (C=O) groups is 2. The van der Waals surface area contributed by atoms with Crippen molar-refractivity contribution in [2.24, 2.45) is 15.4 Å². The highest BCUT2D eigenvalue weighted by Gasteiger charge is 2.22. The summed E-state index contributed by atoms with van der Waals surface area (Å²) in [7, 11) is -1.70. The minimum absolute atomic E-state index is 0. The fourth-order valence-corrected chi connectivity index (χ4v) is 12.0. The minimum atomic E-state index is -3.88. The number of benzene rings is 8. The number of Topliss-reactive ketones (excluding diaryl/α,β-unsaturated/α-hetero) is 1. The molecule has 0 radical (unpaired) electrons. The number of carbonyl (C=O) groups excluding carboxylic acids is 1. The summed E-state index contributed by atoms with van der Waals surface area (Å²) in [6.45, 7) is 6.55. The lowest BCUT2D eigenvalue weighted by atomic mass is 10.1. The molecule has 0 fully saturated rings. The van der Waals surface area contributed by atoms with Gasteiger partial charge in [-0.15, -0.1) is 23.5 Å². The smallest absolute Gasteiger partial charge is 0.335 e. The van der Waals surface area contributed by atoms with Crippen molar-refractivity contribution < 1.29 is 68.7 Å². The maximum Gasteiger partial charge on any atom is 0.335 e. The van der Waals surface area contributed by atoms with E-state index in [1.807, 2.05) is 60.7 Å². The molecular formula is C67H79N9O15S6. The molecule has 518 valence electrons. The number of primary sulfonamides is 1. The summed E-state index contributed by atoms with van der Waals surface area (Å²) in [5.74, 6) is 1.31. The van der Waals surface area contributed by atoms with Gasteiger partial charge in [0.05, 0.1) is 43.8 Å². The Labute approximate surface area is 584 Å². The van der Waals surface area contributed by atoms with Crippen LogP contribution in [0.15, 0.2) is 224 Å². The van der Waals surface area contributed by atoms with Crippen LogP contribution in [0.4, 0.5) is 11.4 Å². The van der Waals surface area contributed by atoms with Crippen molar-refractivity contribution in [3.63, 3.8) is 0 Å². The summed E-state index contributed by atoms with van der Waals surface area (Å²) >= 11 is 2.06. The highest BCUT2D eigenvalue weighted by atomic mass is 32.2. The molecule has 24 nitrogen and oxygen atoms in total. The van der Waals surface area contributed by atoms with E-state index in [2.05, 4.69) is 54.1 Å². The molecule has 0 atom stereocenters. The van der Waals surface area contributed by atoms with Crippen LogP contribution in [-0.2, 0) is 69.2 Å². The van der Waals surface area contributed by atoms with Gasteiger partial charge in [0, 0.05) is 101 Å². The molecule has 3 N–H and O–H groups in total. The Hall–Kier alpha value is -9.16. The Morgan fingerprint density at radius 2 is 0.814 bits per heavy atom. The number of sulfone groups is 1. The molecule has 8 aromatic carbocycles. The zero-order valence-corrected chi connectivity index (χ0v) is 57.2. The summed E-state index contributed by atoms with van der Waals surface area (Å²) in [4.78, 5) is 36.3. The van der Waals surface area contributed by atoms with Crippen LogP contribution in [0.25, 0.3) is 20.9 Å². The number of aromatic carboxylic acids is 1. The van der Waals surface area contributed by atoms with Crippen molar-refractivity contribution in [1.29, 1.82) is 0 Å². The topological polar surface area (TPSA) is 358 Å². The number of nitrogens with two attached hydrogens (primary N) is 1. The summed E-state index contributed by atoms with van der Waals surface area (Å²) in [6, 6.07) is 57.8. The number of hydrogen-bond donors (Lipinski definition) is 2. The second kappa shape index (κ2) is 47.7. The van der Waals surface area contributed by atoms with E-state index >= 15 is 0 Å². The minimum Gasteiger partial charge on any atom is -0.497 e. The maximum atomic E-state index is 13.1. The van der Waals surface area contributed by atoms with Gasteiger partial charge in [-0.25, -0.2) is 26.8 Å². The number of hydrogen-bond acceptors (Lipinski definition) is 20. The number of methoxy groups -OCH3 is 4. The van der Waals surface area contributed by atoms with Crippen molar-refractivity contribution in [2.45, 2.75) is 74.4 Å². The van der Waals surface area contributed by atoms with Crippen molar-refractivity contribution >= 4 is 89.7 Å². The number of nitrogens with zero attached hydrogens (tertiary/aromatic N) is 8. The molecule has 0 spiro atoms. The Morgan fingerprint density at radius 3 is 1.10 bits per heavy atom. The van der Waals surface area contributed by atoms with Gasteiger partial charge in [0.1, 0.15) is 28.8 Å². The Bertz CT molecular complexity index is 4040. The third-order valence-corrected chi connectivity index (χ3v) is 17.3. The number of rotatable bonds is 28. The molecule has 0 aromatic heterocycles. The Kier molecular flexibility index (Phi) is 41.3. The van der Waals surface area contributed by atoms with Gasteiger partial charge in [0.25, 0.3) is 0 Å². The second-order valence-electron chi connectivity index (χ2n) is 19.1. The molecule has 0 aliphatic carbocycles. The van der Waals surface area contributed by atoms with Gasteiger partial charge >= 0.3 is 29.1 Å². The quantitative estimate of drug-likeness (QED) is 0.0151. The molecule has 30 heteroatoms. The number of azide groups is 2. The first-order chi connectivity index (χ1) is 46.1. The number of ether oxygens (including phenoxy) is 4. The largest absolute Gasteiger partial charge is 0.497 e. The van der Waals surface area contributed by atoms with Crippen LogP contribution in [0.3, 0.4) is 0 Å². The molecule has 97 heavy (non-hydrogen) atoms. The first-order valence-corrected chi connectivity index (χ1v) is 34.5. The van der Waals surface area contributed by atoms with E-state index in [1.165, 1.54) is 74.6 Å². The van der Waals surface area contributed by atoms with E-state index in [1.54, 1.807) is 103 Å². The molecule has 0 bridgehead atoms. The van der Waals surface area contributed by atoms with Gasteiger partial charge < -0.3 is 24.1 Å². The van der Waals surface area contributed by atoms with Crippen molar-refractivity contribution in [3.05, 3.63) is 248 Å². The van der Waals surface area contributed by atoms with E-state index in [0.717, 1.165) is 46.8 Å². The third kappa shape index (κ3) is 32.9. The van der Waals surface area contributed by atoms with E-state index in [-0.39, 0.29) is 35.8 Å². The lowest BCUT2D eigenvalue weighted by Crippen LogP contribution is -2.25.